The average molecular weight is 402 g/mol. The molecule has 0 spiro atoms. The first-order valence-corrected chi connectivity index (χ1v) is 11.2. The summed E-state index contributed by atoms with van der Waals surface area (Å²) in [6.07, 6.45) is 3.61. The zero-order chi connectivity index (χ0) is 18.8. The predicted molar refractivity (Wildman–Crippen MR) is 111 cm³/mol. The summed E-state index contributed by atoms with van der Waals surface area (Å²) >= 11 is 3.35. The Morgan fingerprint density at radius 1 is 1.30 bits per heavy atom. The molecule has 1 aromatic carbocycles. The Labute approximate surface area is 167 Å². The number of para-hydroxylation sites is 1. The largest absolute Gasteiger partial charge is 0.310 e. The second-order valence-corrected chi connectivity index (χ2v) is 9.37. The van der Waals surface area contributed by atoms with Crippen molar-refractivity contribution in [3.63, 3.8) is 0 Å². The van der Waals surface area contributed by atoms with Gasteiger partial charge in [-0.25, -0.2) is 4.98 Å². The Morgan fingerprint density at radius 3 is 3.04 bits per heavy atom. The van der Waals surface area contributed by atoms with Crippen LogP contribution in [0, 0.1) is 5.92 Å². The molecule has 5 nitrogen and oxygen atoms in total. The van der Waals surface area contributed by atoms with Crippen LogP contribution in [0.5, 0.6) is 0 Å². The van der Waals surface area contributed by atoms with Crippen LogP contribution in [0.2, 0.25) is 0 Å². The Hall–Kier alpha value is -1.86. The van der Waals surface area contributed by atoms with Crippen LogP contribution in [-0.2, 0) is 22.4 Å². The number of fused-ring (bicyclic) bond motifs is 2. The fraction of sp³-hybridized carbons (Fsp3) is 0.450. The molecule has 4 rings (SSSR count). The summed E-state index contributed by atoms with van der Waals surface area (Å²) in [5.74, 6) is 1.44. The summed E-state index contributed by atoms with van der Waals surface area (Å²) in [4.78, 5) is 33.7. The second kappa shape index (κ2) is 8.02. The van der Waals surface area contributed by atoms with Crippen LogP contribution in [0.3, 0.4) is 0 Å². The monoisotopic (exact) mass is 401 g/mol. The molecule has 27 heavy (non-hydrogen) atoms. The van der Waals surface area contributed by atoms with E-state index in [4.69, 9.17) is 0 Å². The SMILES string of the molecule is CC1CCc2nc(NC(=O)CCC(=O)N3CCSc4ccccc43)sc2C1. The fourth-order valence-corrected chi connectivity index (χ4v) is 5.74. The maximum absolute atomic E-state index is 12.6. The van der Waals surface area contributed by atoms with Crippen molar-refractivity contribution >= 4 is 45.7 Å². The van der Waals surface area contributed by atoms with Crippen molar-refractivity contribution in [3.8, 4) is 0 Å². The molecule has 1 aliphatic heterocycles. The third kappa shape index (κ3) is 4.19. The first kappa shape index (κ1) is 18.5. The van der Waals surface area contributed by atoms with E-state index in [1.54, 1.807) is 23.1 Å². The van der Waals surface area contributed by atoms with Gasteiger partial charge in [-0.05, 0) is 37.3 Å². The molecule has 1 N–H and O–H groups in total. The highest BCUT2D eigenvalue weighted by atomic mass is 32.2. The number of nitrogens with one attached hydrogen (secondary N) is 1. The van der Waals surface area contributed by atoms with Gasteiger partial charge in [-0.15, -0.1) is 23.1 Å². The maximum Gasteiger partial charge on any atom is 0.227 e. The van der Waals surface area contributed by atoms with Crippen molar-refractivity contribution in [2.45, 2.75) is 43.9 Å². The molecule has 0 bridgehead atoms. The van der Waals surface area contributed by atoms with E-state index in [9.17, 15) is 9.59 Å². The lowest BCUT2D eigenvalue weighted by Crippen LogP contribution is -2.35. The molecule has 1 aliphatic carbocycles. The molecule has 7 heteroatoms. The minimum atomic E-state index is -0.137. The standard InChI is InChI=1S/C20H23N3O2S2/c1-13-6-7-14-17(12-13)27-20(21-14)22-18(24)8-9-19(25)23-10-11-26-16-5-3-2-4-15(16)23/h2-5,13H,6-12H2,1H3,(H,21,22,24). The van der Waals surface area contributed by atoms with Gasteiger partial charge in [0, 0.05) is 34.9 Å². The number of anilines is 2. The number of hydrogen-bond acceptors (Lipinski definition) is 5. The fourth-order valence-electron chi connectivity index (χ4n) is 3.56. The first-order valence-electron chi connectivity index (χ1n) is 9.41. The van der Waals surface area contributed by atoms with Gasteiger partial charge in [0.2, 0.25) is 11.8 Å². The van der Waals surface area contributed by atoms with E-state index in [1.807, 2.05) is 29.2 Å². The van der Waals surface area contributed by atoms with Crippen LogP contribution in [0.1, 0.15) is 36.8 Å². The number of hydrogen-bond donors (Lipinski definition) is 1. The van der Waals surface area contributed by atoms with Gasteiger partial charge in [0.15, 0.2) is 5.13 Å². The van der Waals surface area contributed by atoms with E-state index >= 15 is 0 Å². The van der Waals surface area contributed by atoms with Gasteiger partial charge < -0.3 is 10.2 Å². The molecule has 0 fully saturated rings. The van der Waals surface area contributed by atoms with E-state index in [0.717, 1.165) is 41.3 Å². The zero-order valence-corrected chi connectivity index (χ0v) is 17.0. The van der Waals surface area contributed by atoms with E-state index < -0.39 is 0 Å². The normalized spacial score (nSPS) is 18.6. The lowest BCUT2D eigenvalue weighted by molar-refractivity contribution is -0.122. The summed E-state index contributed by atoms with van der Waals surface area (Å²) in [5.41, 5.74) is 2.09. The number of amides is 2. The van der Waals surface area contributed by atoms with Crippen LogP contribution in [0.15, 0.2) is 29.2 Å². The molecular weight excluding hydrogens is 378 g/mol. The summed E-state index contributed by atoms with van der Waals surface area (Å²) in [6, 6.07) is 7.95. The van der Waals surface area contributed by atoms with E-state index in [0.29, 0.717) is 17.6 Å². The van der Waals surface area contributed by atoms with Gasteiger partial charge in [-0.3, -0.25) is 9.59 Å². The molecular formula is C20H23N3O2S2. The highest BCUT2D eigenvalue weighted by Gasteiger charge is 2.24. The van der Waals surface area contributed by atoms with Crippen molar-refractivity contribution in [3.05, 3.63) is 34.8 Å². The highest BCUT2D eigenvalue weighted by Crippen LogP contribution is 2.35. The van der Waals surface area contributed by atoms with Crippen molar-refractivity contribution in [2.75, 3.05) is 22.5 Å². The number of carbonyl (C=O) groups excluding carboxylic acids is 2. The molecule has 2 heterocycles. The summed E-state index contributed by atoms with van der Waals surface area (Å²) < 4.78 is 0. The smallest absolute Gasteiger partial charge is 0.227 e. The van der Waals surface area contributed by atoms with Crippen LogP contribution < -0.4 is 10.2 Å². The van der Waals surface area contributed by atoms with Gasteiger partial charge in [0.1, 0.15) is 0 Å². The summed E-state index contributed by atoms with van der Waals surface area (Å²) in [5, 5.41) is 3.56. The van der Waals surface area contributed by atoms with Crippen molar-refractivity contribution in [2.24, 2.45) is 5.92 Å². The minimum absolute atomic E-state index is 0.00478. The summed E-state index contributed by atoms with van der Waals surface area (Å²) in [6.45, 7) is 2.95. The maximum atomic E-state index is 12.6. The average Bonchev–Trinajstić information content (AvgIpc) is 3.06. The summed E-state index contributed by atoms with van der Waals surface area (Å²) in [7, 11) is 0. The number of benzene rings is 1. The molecule has 1 aromatic heterocycles. The van der Waals surface area contributed by atoms with E-state index in [-0.39, 0.29) is 24.7 Å². The first-order chi connectivity index (χ1) is 13.1. The minimum Gasteiger partial charge on any atom is -0.310 e. The van der Waals surface area contributed by atoms with Crippen LogP contribution in [-0.4, -0.2) is 29.1 Å². The van der Waals surface area contributed by atoms with Crippen LogP contribution in [0.4, 0.5) is 10.8 Å². The Bertz CT molecular complexity index is 865. The number of nitrogens with zero attached hydrogens (tertiary/aromatic N) is 2. The highest BCUT2D eigenvalue weighted by molar-refractivity contribution is 7.99. The zero-order valence-electron chi connectivity index (χ0n) is 15.4. The Balaban J connectivity index is 1.33. The number of aryl methyl sites for hydroxylation is 1. The van der Waals surface area contributed by atoms with Gasteiger partial charge in [-0.1, -0.05) is 19.1 Å². The van der Waals surface area contributed by atoms with Crippen molar-refractivity contribution in [1.82, 2.24) is 4.98 Å². The molecule has 1 unspecified atom stereocenters. The molecule has 142 valence electrons. The molecule has 1 atom stereocenters. The van der Waals surface area contributed by atoms with Gasteiger partial charge in [0.05, 0.1) is 11.4 Å². The molecule has 2 aliphatic rings. The molecule has 0 radical (unpaired) electrons. The number of thiazole rings is 1. The van der Waals surface area contributed by atoms with Crippen molar-refractivity contribution in [1.29, 1.82) is 0 Å². The Morgan fingerprint density at radius 2 is 2.15 bits per heavy atom. The third-order valence-electron chi connectivity index (χ3n) is 5.03. The number of aromatic nitrogens is 1. The topological polar surface area (TPSA) is 62.3 Å². The third-order valence-corrected chi connectivity index (χ3v) is 7.11. The van der Waals surface area contributed by atoms with Crippen LogP contribution >= 0.6 is 23.1 Å². The second-order valence-electron chi connectivity index (χ2n) is 7.15. The van der Waals surface area contributed by atoms with E-state index in [1.165, 1.54) is 4.88 Å². The molecule has 2 aromatic rings. The molecule has 0 saturated carbocycles. The predicted octanol–water partition coefficient (Wildman–Crippen LogP) is 4.13. The molecule has 0 saturated heterocycles. The van der Waals surface area contributed by atoms with Gasteiger partial charge in [-0.2, -0.15) is 0 Å². The number of thioether (sulfide) groups is 1. The number of rotatable bonds is 4. The Kier molecular flexibility index (Phi) is 5.50. The lowest BCUT2D eigenvalue weighted by atomic mass is 9.93. The van der Waals surface area contributed by atoms with E-state index in [2.05, 4.69) is 17.2 Å². The lowest BCUT2D eigenvalue weighted by Gasteiger charge is -2.28. The van der Waals surface area contributed by atoms with Gasteiger partial charge in [0.25, 0.3) is 0 Å². The van der Waals surface area contributed by atoms with Gasteiger partial charge >= 0.3 is 0 Å². The van der Waals surface area contributed by atoms with Crippen LogP contribution in [0.25, 0.3) is 0 Å². The molecule has 2 amide bonds. The quantitative estimate of drug-likeness (QED) is 0.837. The number of carbonyl (C=O) groups is 2. The van der Waals surface area contributed by atoms with Crippen molar-refractivity contribution < 1.29 is 9.59 Å².